The van der Waals surface area contributed by atoms with Crippen LogP contribution in [0, 0.1) is 11.6 Å². The lowest BCUT2D eigenvalue weighted by molar-refractivity contribution is 0.410. The number of anilines is 2. The Hall–Kier alpha value is -3.81. The minimum absolute atomic E-state index is 0. The van der Waals surface area contributed by atoms with Gasteiger partial charge in [0.2, 0.25) is 5.95 Å². The summed E-state index contributed by atoms with van der Waals surface area (Å²) < 4.78 is 28.0. The van der Waals surface area contributed by atoms with Crippen LogP contribution >= 0.6 is 23.2 Å². The number of hydrogen-bond acceptors (Lipinski definition) is 8. The van der Waals surface area contributed by atoms with Crippen molar-refractivity contribution in [3.63, 3.8) is 0 Å². The zero-order valence-corrected chi connectivity index (χ0v) is 27.5. The number of fused-ring (bicyclic) bond motifs is 1. The molecular weight excluding hydrogens is 658 g/mol. The van der Waals surface area contributed by atoms with Crippen molar-refractivity contribution in [2.24, 2.45) is 5.73 Å². The van der Waals surface area contributed by atoms with Gasteiger partial charge in [0.1, 0.15) is 11.6 Å². The zero-order valence-electron chi connectivity index (χ0n) is 26.0. The zero-order chi connectivity index (χ0) is 33.7. The van der Waals surface area contributed by atoms with Gasteiger partial charge in [0.25, 0.3) is 0 Å². The average Bonchev–Trinajstić information content (AvgIpc) is 3.49. The maximum atomic E-state index is 13.5. The van der Waals surface area contributed by atoms with Crippen molar-refractivity contribution in [2.75, 3.05) is 10.6 Å². The first kappa shape index (κ1) is 37.0. The minimum Gasteiger partial charge on any atom is -0.423 e. The average molecular weight is 698 g/mol. The minimum atomic E-state index is -1.60. The van der Waals surface area contributed by atoms with Gasteiger partial charge in [-0.15, -0.1) is 0 Å². The van der Waals surface area contributed by atoms with E-state index in [0.717, 1.165) is 59.6 Å². The van der Waals surface area contributed by atoms with E-state index in [9.17, 15) is 8.78 Å². The normalized spacial score (nSPS) is 15.8. The monoisotopic (exact) mass is 697 g/mol. The van der Waals surface area contributed by atoms with Crippen LogP contribution in [0.5, 0.6) is 0 Å². The fraction of sp³-hybridized carbons (Fsp3) is 0.324. The second kappa shape index (κ2) is 16.5. The lowest BCUT2D eigenvalue weighted by Crippen LogP contribution is -2.33. The predicted octanol–water partition coefficient (Wildman–Crippen LogP) is 6.96. The summed E-state index contributed by atoms with van der Waals surface area (Å²) in [6, 6.07) is 17.2. The van der Waals surface area contributed by atoms with Crippen molar-refractivity contribution < 1.29 is 18.8 Å². The van der Waals surface area contributed by atoms with Gasteiger partial charge in [0, 0.05) is 24.7 Å². The molecule has 6 N–H and O–H groups in total. The van der Waals surface area contributed by atoms with Crippen molar-refractivity contribution in [3.05, 3.63) is 94.2 Å². The lowest BCUT2D eigenvalue weighted by atomic mass is 9.80. The van der Waals surface area contributed by atoms with Crippen LogP contribution in [-0.2, 0) is 6.54 Å². The molecular formula is C34H40BCl2F2N7O2. The van der Waals surface area contributed by atoms with E-state index in [0.29, 0.717) is 24.4 Å². The lowest BCUT2D eigenvalue weighted by Gasteiger charge is -2.27. The standard InChI is InChI=1S/C27H31ClFN7.C6H5BClFO2.CH4/c1-16(2)36-15-32-24-25(34-27(35-26(24)36)33-21-10-8-20(30)9-11-21)31-14-17-3-5-18(6-4-17)19-7-12-23(29)22(28)13-19;8-5-3-4(7(10)11)1-2-6(5)9;/h3-7,12-13,15-16,20-21H,8-11,14,30H2,1-2H3,(H2,31,33,34,35);1-3,10-11H;1H4. The highest BCUT2D eigenvalue weighted by Gasteiger charge is 2.21. The van der Waals surface area contributed by atoms with Gasteiger partial charge in [0.15, 0.2) is 17.0 Å². The van der Waals surface area contributed by atoms with Crippen molar-refractivity contribution >= 4 is 58.7 Å². The highest BCUT2D eigenvalue weighted by atomic mass is 35.5. The number of aromatic nitrogens is 4. The number of benzene rings is 3. The number of halogens is 4. The molecule has 6 rings (SSSR count). The van der Waals surface area contributed by atoms with Gasteiger partial charge in [0.05, 0.1) is 16.4 Å². The molecule has 14 heteroatoms. The molecule has 0 bridgehead atoms. The Kier molecular flexibility index (Phi) is 12.8. The second-order valence-electron chi connectivity index (χ2n) is 11.8. The van der Waals surface area contributed by atoms with Crippen LogP contribution in [0.1, 0.15) is 58.6 Å². The molecule has 2 heterocycles. The summed E-state index contributed by atoms with van der Waals surface area (Å²) >= 11 is 11.3. The van der Waals surface area contributed by atoms with Crippen molar-refractivity contribution in [1.29, 1.82) is 0 Å². The van der Waals surface area contributed by atoms with Crippen LogP contribution in [0.2, 0.25) is 10.0 Å². The summed E-state index contributed by atoms with van der Waals surface area (Å²) in [6.45, 7) is 4.80. The molecule has 0 spiro atoms. The van der Waals surface area contributed by atoms with E-state index >= 15 is 0 Å². The van der Waals surface area contributed by atoms with E-state index in [1.807, 2.05) is 30.6 Å². The molecule has 9 nitrogen and oxygen atoms in total. The third-order valence-corrected chi connectivity index (χ3v) is 8.57. The molecule has 1 aliphatic rings. The molecule has 2 aromatic heterocycles. The molecule has 1 fully saturated rings. The van der Waals surface area contributed by atoms with E-state index in [2.05, 4.69) is 34.0 Å². The van der Waals surface area contributed by atoms with Crippen LogP contribution in [0.4, 0.5) is 20.5 Å². The van der Waals surface area contributed by atoms with Gasteiger partial charge in [-0.3, -0.25) is 0 Å². The molecule has 3 aromatic carbocycles. The number of nitrogens with zero attached hydrogens (tertiary/aromatic N) is 4. The van der Waals surface area contributed by atoms with Crippen molar-refractivity contribution in [2.45, 2.75) is 71.6 Å². The Morgan fingerprint density at radius 1 is 0.917 bits per heavy atom. The Labute approximate surface area is 289 Å². The summed E-state index contributed by atoms with van der Waals surface area (Å²) in [5.41, 5.74) is 10.7. The highest BCUT2D eigenvalue weighted by molar-refractivity contribution is 6.59. The Morgan fingerprint density at radius 3 is 2.15 bits per heavy atom. The molecule has 0 atom stereocenters. The molecule has 48 heavy (non-hydrogen) atoms. The number of nitrogens with one attached hydrogen (secondary N) is 2. The van der Waals surface area contributed by atoms with Crippen molar-refractivity contribution in [1.82, 2.24) is 19.5 Å². The van der Waals surface area contributed by atoms with Gasteiger partial charge in [-0.1, -0.05) is 67.0 Å². The van der Waals surface area contributed by atoms with Crippen molar-refractivity contribution in [3.8, 4) is 11.1 Å². The summed E-state index contributed by atoms with van der Waals surface area (Å²) in [6.07, 6.45) is 5.87. The van der Waals surface area contributed by atoms with E-state index in [4.69, 9.17) is 49.0 Å². The summed E-state index contributed by atoms with van der Waals surface area (Å²) in [5, 5.41) is 24.2. The molecule has 1 aliphatic carbocycles. The molecule has 0 radical (unpaired) electrons. The van der Waals surface area contributed by atoms with Crippen LogP contribution in [0.15, 0.2) is 67.0 Å². The van der Waals surface area contributed by atoms with E-state index < -0.39 is 18.8 Å². The molecule has 5 aromatic rings. The molecule has 0 unspecified atom stereocenters. The molecule has 1 saturated carbocycles. The number of rotatable bonds is 8. The Bertz CT molecular complexity index is 1820. The largest absolute Gasteiger partial charge is 0.488 e. The Balaban J connectivity index is 0.000000370. The van der Waals surface area contributed by atoms with Gasteiger partial charge in [-0.05, 0) is 85.9 Å². The quantitative estimate of drug-likeness (QED) is 0.110. The number of imidazole rings is 1. The van der Waals surface area contributed by atoms with Crippen LogP contribution in [-0.4, -0.2) is 48.8 Å². The SMILES string of the molecule is C.CC(C)n1cnc2c(NCc3ccc(-c4ccc(F)c(Cl)c4)cc3)nc(NC3CCC(N)CC3)nc21.OB(O)c1ccc(F)c(Cl)c1. The smallest absolute Gasteiger partial charge is 0.423 e. The number of hydrogen-bond donors (Lipinski definition) is 5. The Morgan fingerprint density at radius 2 is 1.54 bits per heavy atom. The third kappa shape index (κ3) is 9.21. The fourth-order valence-corrected chi connectivity index (χ4v) is 5.65. The van der Waals surface area contributed by atoms with E-state index in [-0.39, 0.29) is 35.0 Å². The molecule has 0 saturated heterocycles. The first-order valence-electron chi connectivity index (χ1n) is 15.3. The van der Waals surface area contributed by atoms with Gasteiger partial charge >= 0.3 is 7.12 Å². The summed E-state index contributed by atoms with van der Waals surface area (Å²) in [4.78, 5) is 14.2. The van der Waals surface area contributed by atoms with E-state index in [1.165, 1.54) is 18.2 Å². The third-order valence-electron chi connectivity index (χ3n) is 7.99. The molecule has 0 amide bonds. The molecule has 254 valence electrons. The van der Waals surface area contributed by atoms with E-state index in [1.54, 1.807) is 12.1 Å². The predicted molar refractivity (Wildman–Crippen MR) is 192 cm³/mol. The van der Waals surface area contributed by atoms with Crippen LogP contribution in [0.25, 0.3) is 22.3 Å². The number of nitrogens with two attached hydrogens (primary N) is 1. The van der Waals surface area contributed by atoms with Crippen LogP contribution in [0.3, 0.4) is 0 Å². The van der Waals surface area contributed by atoms with Gasteiger partial charge < -0.3 is 31.0 Å². The molecule has 0 aliphatic heterocycles. The first-order chi connectivity index (χ1) is 22.5. The first-order valence-corrected chi connectivity index (χ1v) is 16.1. The maximum Gasteiger partial charge on any atom is 0.488 e. The fourth-order valence-electron chi connectivity index (χ4n) is 5.28. The second-order valence-corrected chi connectivity index (χ2v) is 12.6. The van der Waals surface area contributed by atoms with Gasteiger partial charge in [-0.25, -0.2) is 13.8 Å². The van der Waals surface area contributed by atoms with Gasteiger partial charge in [-0.2, -0.15) is 9.97 Å². The summed E-state index contributed by atoms with van der Waals surface area (Å²) in [7, 11) is -1.60. The van der Waals surface area contributed by atoms with Crippen LogP contribution < -0.4 is 21.8 Å². The maximum absolute atomic E-state index is 13.5. The topological polar surface area (TPSA) is 134 Å². The highest BCUT2D eigenvalue weighted by Crippen LogP contribution is 2.28. The summed E-state index contributed by atoms with van der Waals surface area (Å²) in [5.74, 6) is 0.314.